The van der Waals surface area contributed by atoms with Crippen LogP contribution in [0.2, 0.25) is 0 Å². The van der Waals surface area contributed by atoms with E-state index in [0.29, 0.717) is 5.69 Å². The molecule has 0 unspecified atom stereocenters. The molecule has 0 spiro atoms. The SMILES string of the molecule is Cc1nn[nH]c1F. The van der Waals surface area contributed by atoms with Gasteiger partial charge in [-0.15, -0.1) is 5.10 Å². The number of H-pyrrole nitrogens is 1. The van der Waals surface area contributed by atoms with Crippen LogP contribution in [0, 0.1) is 12.9 Å². The molecule has 0 atom stereocenters. The molecule has 1 heterocycles. The first-order valence-corrected chi connectivity index (χ1v) is 1.84. The van der Waals surface area contributed by atoms with E-state index in [2.05, 4.69) is 10.3 Å². The van der Waals surface area contributed by atoms with Gasteiger partial charge in [-0.2, -0.15) is 4.39 Å². The van der Waals surface area contributed by atoms with Crippen molar-refractivity contribution in [2.45, 2.75) is 6.92 Å². The number of hydrogen-bond donors (Lipinski definition) is 1. The van der Waals surface area contributed by atoms with Gasteiger partial charge in [0, 0.05) is 0 Å². The van der Waals surface area contributed by atoms with E-state index in [1.165, 1.54) is 0 Å². The van der Waals surface area contributed by atoms with E-state index < -0.39 is 5.95 Å². The van der Waals surface area contributed by atoms with Crippen LogP contribution in [0.4, 0.5) is 4.39 Å². The Morgan fingerprint density at radius 3 is 2.57 bits per heavy atom. The van der Waals surface area contributed by atoms with E-state index in [9.17, 15) is 4.39 Å². The van der Waals surface area contributed by atoms with Gasteiger partial charge in [0.25, 0.3) is 0 Å². The maximum atomic E-state index is 11.9. The molecule has 0 saturated heterocycles. The summed E-state index contributed by atoms with van der Waals surface area (Å²) in [5, 5.41) is 8.55. The molecule has 1 N–H and O–H groups in total. The van der Waals surface area contributed by atoms with Gasteiger partial charge in [0.05, 0.1) is 0 Å². The Morgan fingerprint density at radius 1 is 1.71 bits per heavy atom. The second-order valence-corrected chi connectivity index (χ2v) is 1.21. The van der Waals surface area contributed by atoms with Gasteiger partial charge in [-0.25, -0.2) is 5.10 Å². The standard InChI is InChI=1S/C3H4FN3/c1-2-3(4)6-7-5-2/h1H3,(H,5,6,7). The smallest absolute Gasteiger partial charge is 0.231 e. The largest absolute Gasteiger partial charge is 0.232 e. The van der Waals surface area contributed by atoms with Crippen LogP contribution in [-0.2, 0) is 0 Å². The minimum Gasteiger partial charge on any atom is -0.232 e. The Balaban J connectivity index is 3.12. The van der Waals surface area contributed by atoms with Gasteiger partial charge in [0.15, 0.2) is 0 Å². The Kier molecular flexibility index (Phi) is 0.780. The second kappa shape index (κ2) is 1.29. The molecule has 0 aromatic carbocycles. The normalized spacial score (nSPS) is 9.43. The van der Waals surface area contributed by atoms with Gasteiger partial charge in [0.2, 0.25) is 5.95 Å². The summed E-state index contributed by atoms with van der Waals surface area (Å²) < 4.78 is 11.9. The van der Waals surface area contributed by atoms with Crippen molar-refractivity contribution in [3.05, 3.63) is 11.6 Å². The molecule has 0 bridgehead atoms. The van der Waals surface area contributed by atoms with Crippen molar-refractivity contribution < 1.29 is 4.39 Å². The molecule has 1 aromatic heterocycles. The summed E-state index contributed by atoms with van der Waals surface area (Å²) >= 11 is 0. The first-order chi connectivity index (χ1) is 3.30. The van der Waals surface area contributed by atoms with Crippen molar-refractivity contribution in [2.24, 2.45) is 0 Å². The molecular weight excluding hydrogens is 97.1 g/mol. The highest BCUT2D eigenvalue weighted by Gasteiger charge is 1.94. The Morgan fingerprint density at radius 2 is 2.43 bits per heavy atom. The number of nitrogens with one attached hydrogen (secondary N) is 1. The quantitative estimate of drug-likeness (QED) is 0.509. The van der Waals surface area contributed by atoms with Crippen LogP contribution >= 0.6 is 0 Å². The van der Waals surface area contributed by atoms with E-state index in [0.717, 1.165) is 0 Å². The number of nitrogens with zero attached hydrogens (tertiary/aromatic N) is 2. The van der Waals surface area contributed by atoms with Crippen LogP contribution in [0.25, 0.3) is 0 Å². The highest BCUT2D eigenvalue weighted by atomic mass is 19.1. The average Bonchev–Trinajstić information content (AvgIpc) is 1.91. The summed E-state index contributed by atoms with van der Waals surface area (Å²) in [5.41, 5.74) is 0.306. The molecule has 0 saturated carbocycles. The fraction of sp³-hybridized carbons (Fsp3) is 0.333. The molecule has 1 rings (SSSR count). The number of rotatable bonds is 0. The monoisotopic (exact) mass is 101 g/mol. The second-order valence-electron chi connectivity index (χ2n) is 1.21. The van der Waals surface area contributed by atoms with Crippen molar-refractivity contribution in [3.63, 3.8) is 0 Å². The summed E-state index contributed by atoms with van der Waals surface area (Å²) in [5.74, 6) is -0.458. The molecule has 0 aliphatic rings. The summed E-state index contributed by atoms with van der Waals surface area (Å²) in [6.45, 7) is 1.54. The van der Waals surface area contributed by atoms with Crippen molar-refractivity contribution >= 4 is 0 Å². The topological polar surface area (TPSA) is 41.6 Å². The average molecular weight is 101 g/mol. The minimum absolute atomic E-state index is 0.306. The number of halogens is 1. The molecule has 3 nitrogen and oxygen atoms in total. The predicted octanol–water partition coefficient (Wildman–Crippen LogP) is 0.252. The van der Waals surface area contributed by atoms with Gasteiger partial charge < -0.3 is 0 Å². The van der Waals surface area contributed by atoms with Crippen LogP contribution in [0.3, 0.4) is 0 Å². The fourth-order valence-corrected chi connectivity index (χ4v) is 0.269. The lowest BCUT2D eigenvalue weighted by atomic mass is 10.6. The fourth-order valence-electron chi connectivity index (χ4n) is 0.269. The Labute approximate surface area is 39.5 Å². The lowest BCUT2D eigenvalue weighted by Gasteiger charge is -1.70. The molecule has 38 valence electrons. The molecule has 0 aliphatic carbocycles. The molecule has 4 heteroatoms. The van der Waals surface area contributed by atoms with Crippen LogP contribution in [-0.4, -0.2) is 15.4 Å². The number of aryl methyl sites for hydroxylation is 1. The predicted molar refractivity (Wildman–Crippen MR) is 21.1 cm³/mol. The third-order valence-electron chi connectivity index (χ3n) is 0.666. The van der Waals surface area contributed by atoms with Crippen LogP contribution in [0.1, 0.15) is 5.69 Å². The van der Waals surface area contributed by atoms with E-state index in [1.54, 1.807) is 6.92 Å². The van der Waals surface area contributed by atoms with Crippen molar-refractivity contribution in [2.75, 3.05) is 0 Å². The Hall–Kier alpha value is -0.930. The zero-order valence-corrected chi connectivity index (χ0v) is 3.77. The van der Waals surface area contributed by atoms with Crippen molar-refractivity contribution in [1.82, 2.24) is 15.4 Å². The maximum Gasteiger partial charge on any atom is 0.231 e. The number of aromatic nitrogens is 3. The van der Waals surface area contributed by atoms with Gasteiger partial charge in [-0.3, -0.25) is 0 Å². The molecule has 0 radical (unpaired) electrons. The number of aromatic amines is 1. The highest BCUT2D eigenvalue weighted by Crippen LogP contribution is 1.91. The molecule has 0 amide bonds. The molecule has 0 aliphatic heterocycles. The van der Waals surface area contributed by atoms with Gasteiger partial charge in [-0.1, -0.05) is 5.21 Å². The van der Waals surface area contributed by atoms with Gasteiger partial charge in [0.1, 0.15) is 5.69 Å². The molecule has 7 heavy (non-hydrogen) atoms. The maximum absolute atomic E-state index is 11.9. The molecular formula is C3H4FN3. The van der Waals surface area contributed by atoms with Crippen molar-refractivity contribution in [1.29, 1.82) is 0 Å². The first-order valence-electron chi connectivity index (χ1n) is 1.84. The summed E-state index contributed by atoms with van der Waals surface area (Å²) in [7, 11) is 0. The first kappa shape index (κ1) is 4.23. The Bertz CT molecular complexity index is 142. The van der Waals surface area contributed by atoms with E-state index in [-0.39, 0.29) is 0 Å². The van der Waals surface area contributed by atoms with E-state index in [1.807, 2.05) is 5.10 Å². The van der Waals surface area contributed by atoms with Crippen LogP contribution in [0.5, 0.6) is 0 Å². The third kappa shape index (κ3) is 0.581. The molecule has 1 aromatic rings. The number of hydrogen-bond acceptors (Lipinski definition) is 2. The summed E-state index contributed by atoms with van der Waals surface area (Å²) in [4.78, 5) is 0. The zero-order valence-electron chi connectivity index (χ0n) is 3.77. The van der Waals surface area contributed by atoms with E-state index >= 15 is 0 Å². The lowest BCUT2D eigenvalue weighted by Crippen LogP contribution is -1.73. The minimum atomic E-state index is -0.458. The van der Waals surface area contributed by atoms with Crippen molar-refractivity contribution in [3.8, 4) is 0 Å². The summed E-state index contributed by atoms with van der Waals surface area (Å²) in [6.07, 6.45) is 0. The third-order valence-corrected chi connectivity index (χ3v) is 0.666. The van der Waals surface area contributed by atoms with Crippen LogP contribution < -0.4 is 0 Å². The van der Waals surface area contributed by atoms with Crippen LogP contribution in [0.15, 0.2) is 0 Å². The summed E-state index contributed by atoms with van der Waals surface area (Å²) in [6, 6.07) is 0. The van der Waals surface area contributed by atoms with Gasteiger partial charge in [-0.05, 0) is 6.92 Å². The van der Waals surface area contributed by atoms with E-state index in [4.69, 9.17) is 0 Å². The molecule has 0 fully saturated rings. The zero-order chi connectivity index (χ0) is 5.28. The lowest BCUT2D eigenvalue weighted by molar-refractivity contribution is 0.572. The highest BCUT2D eigenvalue weighted by molar-refractivity contribution is 4.87. The van der Waals surface area contributed by atoms with Gasteiger partial charge >= 0.3 is 0 Å².